The van der Waals surface area contributed by atoms with E-state index in [2.05, 4.69) is 27.8 Å². The lowest BCUT2D eigenvalue weighted by Crippen LogP contribution is -2.26. The number of para-hydroxylation sites is 1. The lowest BCUT2D eigenvalue weighted by atomic mass is 10.2. The van der Waals surface area contributed by atoms with Gasteiger partial charge in [-0.05, 0) is 30.4 Å². The molecule has 30 heavy (non-hydrogen) atoms. The van der Waals surface area contributed by atoms with Gasteiger partial charge in [0.1, 0.15) is 5.70 Å². The van der Waals surface area contributed by atoms with Gasteiger partial charge < -0.3 is 24.7 Å². The molecular formula is C23H22N4O3. The third-order valence-corrected chi connectivity index (χ3v) is 4.74. The predicted molar refractivity (Wildman–Crippen MR) is 117 cm³/mol. The number of allylic oxidation sites excluding steroid dienone is 4. The smallest absolute Gasteiger partial charge is 0.265 e. The molecule has 3 heterocycles. The molecule has 2 N–H and O–H groups in total. The molecule has 2 bridgehead atoms. The van der Waals surface area contributed by atoms with Gasteiger partial charge in [-0.25, -0.2) is 4.99 Å². The predicted octanol–water partition coefficient (Wildman–Crippen LogP) is 3.28. The van der Waals surface area contributed by atoms with Crippen LogP contribution < -0.4 is 5.73 Å². The van der Waals surface area contributed by atoms with Crippen molar-refractivity contribution >= 4 is 29.4 Å². The van der Waals surface area contributed by atoms with Crippen LogP contribution in [-0.2, 0) is 20.9 Å². The highest BCUT2D eigenvalue weighted by Crippen LogP contribution is 2.23. The summed E-state index contributed by atoms with van der Waals surface area (Å²) in [6, 6.07) is 10.3. The van der Waals surface area contributed by atoms with Crippen LogP contribution in [0.2, 0.25) is 0 Å². The summed E-state index contributed by atoms with van der Waals surface area (Å²) in [6.45, 7) is 0.864. The van der Waals surface area contributed by atoms with Gasteiger partial charge in [-0.2, -0.15) is 0 Å². The van der Waals surface area contributed by atoms with Crippen LogP contribution in [0.3, 0.4) is 0 Å². The average Bonchev–Trinajstić information content (AvgIpc) is 3.31. The van der Waals surface area contributed by atoms with Gasteiger partial charge in [-0.3, -0.25) is 4.79 Å². The Morgan fingerprint density at radius 3 is 2.90 bits per heavy atom. The molecule has 1 atom stereocenters. The van der Waals surface area contributed by atoms with Crippen LogP contribution in [0.5, 0.6) is 0 Å². The highest BCUT2D eigenvalue weighted by Gasteiger charge is 2.26. The highest BCUT2D eigenvalue weighted by molar-refractivity contribution is 5.92. The molecule has 2 aliphatic heterocycles. The molecule has 0 saturated carbocycles. The second-order valence-corrected chi connectivity index (χ2v) is 6.73. The summed E-state index contributed by atoms with van der Waals surface area (Å²) in [4.78, 5) is 17.5. The molecular weight excluding hydrogens is 380 g/mol. The number of benzene rings is 1. The topological polar surface area (TPSA) is 82.1 Å². The summed E-state index contributed by atoms with van der Waals surface area (Å²) in [5, 5.41) is 1.13. The molecule has 1 unspecified atom stereocenters. The van der Waals surface area contributed by atoms with Gasteiger partial charge in [0.25, 0.3) is 5.91 Å². The first-order valence-corrected chi connectivity index (χ1v) is 9.55. The number of primary amides is 1. The van der Waals surface area contributed by atoms with Crippen molar-refractivity contribution in [3.8, 4) is 0 Å². The summed E-state index contributed by atoms with van der Waals surface area (Å²) < 4.78 is 13.4. The van der Waals surface area contributed by atoms with Crippen LogP contribution in [-0.4, -0.2) is 34.4 Å². The maximum Gasteiger partial charge on any atom is 0.265 e. The highest BCUT2D eigenvalue weighted by atomic mass is 16.5. The van der Waals surface area contributed by atoms with E-state index in [0.29, 0.717) is 18.8 Å². The summed E-state index contributed by atoms with van der Waals surface area (Å²) in [5.74, 6) is -0.511. The number of aliphatic imine (C=N–C) groups is 1. The Labute approximate surface area is 174 Å². The molecule has 7 heteroatoms. The summed E-state index contributed by atoms with van der Waals surface area (Å²) in [5.41, 5.74) is 8.00. The van der Waals surface area contributed by atoms with Crippen LogP contribution in [0.25, 0.3) is 17.1 Å². The van der Waals surface area contributed by atoms with Crippen molar-refractivity contribution in [1.82, 2.24) is 9.47 Å². The molecule has 1 aromatic carbocycles. The Kier molecular flexibility index (Phi) is 5.91. The van der Waals surface area contributed by atoms with Crippen molar-refractivity contribution in [2.45, 2.75) is 12.7 Å². The van der Waals surface area contributed by atoms with Crippen LogP contribution in [0.15, 0.2) is 90.1 Å². The number of nitrogens with two attached hydrogens (primary N) is 1. The van der Waals surface area contributed by atoms with Gasteiger partial charge in [0.2, 0.25) is 0 Å². The van der Waals surface area contributed by atoms with E-state index in [1.807, 2.05) is 36.6 Å². The lowest BCUT2D eigenvalue weighted by Gasteiger charge is -2.16. The number of carbonyl (C=O) groups is 1. The molecule has 2 aromatic rings. The van der Waals surface area contributed by atoms with Crippen LogP contribution in [0, 0.1) is 0 Å². The van der Waals surface area contributed by atoms with Gasteiger partial charge in [-0.1, -0.05) is 30.4 Å². The third kappa shape index (κ3) is 4.42. The van der Waals surface area contributed by atoms with E-state index in [9.17, 15) is 4.79 Å². The maximum atomic E-state index is 11.8. The Hall–Kier alpha value is -3.84. The fraction of sp³-hybridized carbons (Fsp3) is 0.130. The van der Waals surface area contributed by atoms with E-state index in [-0.39, 0.29) is 6.10 Å². The third-order valence-electron chi connectivity index (χ3n) is 4.74. The van der Waals surface area contributed by atoms with Crippen LogP contribution >= 0.6 is 0 Å². The van der Waals surface area contributed by atoms with Crippen molar-refractivity contribution in [2.75, 3.05) is 6.54 Å². The number of aromatic nitrogens is 1. The number of nitrogens with zero attached hydrogens (tertiary/aromatic N) is 3. The Balaban J connectivity index is 1.66. The van der Waals surface area contributed by atoms with E-state index in [1.165, 1.54) is 18.9 Å². The number of hydrogen-bond acceptors (Lipinski definition) is 5. The zero-order chi connectivity index (χ0) is 20.8. The van der Waals surface area contributed by atoms with Gasteiger partial charge in [0.05, 0.1) is 31.0 Å². The SMILES string of the molecule is NC(=O)C1=CC2CN1C=CN=COC=CC=CC=Cn1c(cc3ccccc31)CO2. The van der Waals surface area contributed by atoms with Gasteiger partial charge in [-0.15, -0.1) is 0 Å². The molecule has 0 fully saturated rings. The molecule has 152 valence electrons. The van der Waals surface area contributed by atoms with E-state index in [1.54, 1.807) is 23.3 Å². The van der Waals surface area contributed by atoms with Gasteiger partial charge >= 0.3 is 0 Å². The Bertz CT molecular complexity index is 1100. The van der Waals surface area contributed by atoms with Crippen LogP contribution in [0.4, 0.5) is 0 Å². The standard InChI is InChI=1S/C23H22N4O3/c24-23(28)22-14-20-15-26(22)11-9-25-17-29-12-6-2-1-5-10-27-19(16-30-20)13-18-7-3-4-8-21(18)27/h1-14,17,20H,15-16H2,(H2,24,28). The molecule has 0 aliphatic carbocycles. The molecule has 0 radical (unpaired) electrons. The monoisotopic (exact) mass is 402 g/mol. The first-order valence-electron chi connectivity index (χ1n) is 9.55. The lowest BCUT2D eigenvalue weighted by molar-refractivity contribution is -0.115. The second-order valence-electron chi connectivity index (χ2n) is 6.73. The Morgan fingerprint density at radius 1 is 1.13 bits per heavy atom. The van der Waals surface area contributed by atoms with Crippen molar-refractivity contribution in [3.05, 3.63) is 90.8 Å². The minimum Gasteiger partial charge on any atom is -0.453 e. The normalized spacial score (nSPS) is 19.3. The van der Waals surface area contributed by atoms with Crippen molar-refractivity contribution < 1.29 is 14.3 Å². The van der Waals surface area contributed by atoms with E-state index < -0.39 is 5.91 Å². The number of amides is 1. The molecule has 0 spiro atoms. The van der Waals surface area contributed by atoms with E-state index >= 15 is 0 Å². The molecule has 0 saturated heterocycles. The molecule has 1 aromatic heterocycles. The summed E-state index contributed by atoms with van der Waals surface area (Å²) >= 11 is 0. The number of rotatable bonds is 1. The minimum atomic E-state index is -0.511. The summed E-state index contributed by atoms with van der Waals surface area (Å²) in [7, 11) is 0. The van der Waals surface area contributed by atoms with Gasteiger partial charge in [0, 0.05) is 29.7 Å². The van der Waals surface area contributed by atoms with Gasteiger partial charge in [0.15, 0.2) is 6.40 Å². The zero-order valence-electron chi connectivity index (χ0n) is 16.3. The average molecular weight is 402 g/mol. The second kappa shape index (κ2) is 9.11. The fourth-order valence-corrected chi connectivity index (χ4v) is 3.37. The first-order chi connectivity index (χ1) is 14.7. The number of hydrogen-bond donors (Lipinski definition) is 1. The number of fused-ring (bicyclic) bond motifs is 5. The zero-order valence-corrected chi connectivity index (χ0v) is 16.3. The quantitative estimate of drug-likeness (QED) is 0.794. The number of carbonyl (C=O) groups excluding carboxylic acids is 1. The van der Waals surface area contributed by atoms with Crippen molar-refractivity contribution in [2.24, 2.45) is 10.7 Å². The largest absolute Gasteiger partial charge is 0.453 e. The van der Waals surface area contributed by atoms with Crippen molar-refractivity contribution in [1.29, 1.82) is 0 Å². The fourth-order valence-electron chi connectivity index (χ4n) is 3.37. The minimum absolute atomic E-state index is 0.269. The number of ether oxygens (including phenoxy) is 2. The first kappa shape index (κ1) is 19.5. The van der Waals surface area contributed by atoms with Crippen molar-refractivity contribution in [3.63, 3.8) is 0 Å². The maximum absolute atomic E-state index is 11.8. The molecule has 4 rings (SSSR count). The molecule has 1 amide bonds. The van der Waals surface area contributed by atoms with E-state index in [4.69, 9.17) is 15.2 Å². The molecule has 7 nitrogen and oxygen atoms in total. The Morgan fingerprint density at radius 2 is 2.00 bits per heavy atom. The molecule has 2 aliphatic rings. The van der Waals surface area contributed by atoms with Crippen LogP contribution in [0.1, 0.15) is 5.69 Å². The summed E-state index contributed by atoms with van der Waals surface area (Å²) in [6.07, 6.45) is 17.0. The van der Waals surface area contributed by atoms with E-state index in [0.717, 1.165) is 16.6 Å².